The molecule has 0 amide bonds. The van der Waals surface area contributed by atoms with E-state index in [1.165, 1.54) is 16.4 Å². The average Bonchev–Trinajstić information content (AvgIpc) is 3.40. The number of aromatic nitrogens is 1. The van der Waals surface area contributed by atoms with Gasteiger partial charge in [0.05, 0.1) is 26.5 Å². The van der Waals surface area contributed by atoms with Crippen LogP contribution < -0.4 is 19.7 Å². The molecule has 0 fully saturated rings. The lowest BCUT2D eigenvalue weighted by Gasteiger charge is -2.30. The van der Waals surface area contributed by atoms with E-state index in [-0.39, 0.29) is 12.0 Å². The predicted octanol–water partition coefficient (Wildman–Crippen LogP) is 2.02. The highest BCUT2D eigenvalue weighted by atomic mass is 32.2. The second-order valence-corrected chi connectivity index (χ2v) is 11.9. The van der Waals surface area contributed by atoms with Crippen LogP contribution >= 0.6 is 23.1 Å². The number of fused-ring (bicyclic) bond motifs is 1. The molecule has 0 N–H and O–H groups in total. The normalized spacial score (nSPS) is 18.3. The molecule has 2 aliphatic rings. The quantitative estimate of drug-likeness (QED) is 0.383. The molecule has 35 heavy (non-hydrogen) atoms. The van der Waals surface area contributed by atoms with Gasteiger partial charge < -0.3 is 9.45 Å². The Morgan fingerprint density at radius 2 is 1.97 bits per heavy atom. The molecule has 186 valence electrons. The van der Waals surface area contributed by atoms with E-state index in [1.54, 1.807) is 4.57 Å². The summed E-state index contributed by atoms with van der Waals surface area (Å²) in [4.78, 5) is 15.1. The molecule has 0 saturated carbocycles. The first-order valence-corrected chi connectivity index (χ1v) is 15.0. The fraction of sp³-hybridized carbons (Fsp3) is 0.360. The van der Waals surface area contributed by atoms with E-state index in [9.17, 15) is 17.8 Å². The maximum Gasteiger partial charge on any atom is 0.269 e. The van der Waals surface area contributed by atoms with E-state index in [4.69, 9.17) is 0 Å². The van der Waals surface area contributed by atoms with Gasteiger partial charge in [-0.05, 0) is 50.1 Å². The van der Waals surface area contributed by atoms with Crippen LogP contribution in [-0.2, 0) is 16.7 Å². The molecule has 0 saturated heterocycles. The van der Waals surface area contributed by atoms with Gasteiger partial charge in [-0.15, -0.1) is 11.3 Å². The summed E-state index contributed by atoms with van der Waals surface area (Å²) < 4.78 is 39.1. The Labute approximate surface area is 213 Å². The van der Waals surface area contributed by atoms with Crippen molar-refractivity contribution in [3.05, 3.63) is 67.2 Å². The first-order valence-electron chi connectivity index (χ1n) is 11.7. The minimum absolute atomic E-state index is 0.0172. The number of hydrogen-bond donors (Lipinski definition) is 0. The van der Waals surface area contributed by atoms with Crippen molar-refractivity contribution in [1.82, 2.24) is 4.57 Å². The average molecular weight is 532 g/mol. The van der Waals surface area contributed by atoms with Crippen LogP contribution in [0.5, 0.6) is 0 Å². The SMILES string of the molecule is CCn1c(=CC2=[N+](CC)CCS2)sc(=CC=C2C=Cc3ccccc3N2CCCS(=O)(=O)[O-])c1=O. The molecule has 3 heterocycles. The summed E-state index contributed by atoms with van der Waals surface area (Å²) in [5.41, 5.74) is 2.78. The summed E-state index contributed by atoms with van der Waals surface area (Å²) in [5.74, 6) is 0.646. The van der Waals surface area contributed by atoms with Crippen LogP contribution in [0.3, 0.4) is 0 Å². The lowest BCUT2D eigenvalue weighted by molar-refractivity contribution is -0.512. The third-order valence-electron chi connectivity index (χ3n) is 5.96. The van der Waals surface area contributed by atoms with Crippen molar-refractivity contribution < 1.29 is 17.5 Å². The van der Waals surface area contributed by atoms with E-state index in [0.717, 1.165) is 40.5 Å². The second-order valence-electron chi connectivity index (χ2n) is 8.18. The van der Waals surface area contributed by atoms with Gasteiger partial charge in [-0.25, -0.2) is 13.0 Å². The lowest BCUT2D eigenvalue weighted by Crippen LogP contribution is -2.31. The molecule has 7 nitrogen and oxygen atoms in total. The van der Waals surface area contributed by atoms with Crippen LogP contribution in [0.2, 0.25) is 0 Å². The van der Waals surface area contributed by atoms with Crippen LogP contribution in [0, 0.1) is 0 Å². The van der Waals surface area contributed by atoms with Gasteiger partial charge >= 0.3 is 0 Å². The minimum Gasteiger partial charge on any atom is -0.748 e. The zero-order valence-corrected chi connectivity index (χ0v) is 22.3. The monoisotopic (exact) mass is 531 g/mol. The van der Waals surface area contributed by atoms with Crippen molar-refractivity contribution in [1.29, 1.82) is 0 Å². The van der Waals surface area contributed by atoms with E-state index >= 15 is 0 Å². The summed E-state index contributed by atoms with van der Waals surface area (Å²) in [6.45, 7) is 7.07. The van der Waals surface area contributed by atoms with Crippen LogP contribution in [0.15, 0.2) is 46.9 Å². The Morgan fingerprint density at radius 1 is 1.17 bits per heavy atom. The first-order chi connectivity index (χ1) is 16.8. The largest absolute Gasteiger partial charge is 0.748 e. The zero-order valence-electron chi connectivity index (χ0n) is 19.8. The molecule has 1 aromatic carbocycles. The van der Waals surface area contributed by atoms with Crippen molar-refractivity contribution in [2.24, 2.45) is 0 Å². The number of rotatable bonds is 8. The number of allylic oxidation sites excluding steroid dienone is 2. The molecule has 0 bridgehead atoms. The summed E-state index contributed by atoms with van der Waals surface area (Å²) in [5, 5.41) is 1.20. The maximum absolute atomic E-state index is 13.1. The van der Waals surface area contributed by atoms with E-state index in [0.29, 0.717) is 17.6 Å². The highest BCUT2D eigenvalue weighted by molar-refractivity contribution is 8.14. The van der Waals surface area contributed by atoms with Crippen molar-refractivity contribution in [3.8, 4) is 0 Å². The van der Waals surface area contributed by atoms with Gasteiger partial charge in [-0.1, -0.05) is 36.0 Å². The van der Waals surface area contributed by atoms with Gasteiger partial charge in [0.25, 0.3) is 5.56 Å². The van der Waals surface area contributed by atoms with E-state index in [1.807, 2.05) is 72.2 Å². The molecule has 2 aliphatic heterocycles. The number of thioether (sulfide) groups is 1. The summed E-state index contributed by atoms with van der Waals surface area (Å²) in [7, 11) is -4.28. The molecule has 4 rings (SSSR count). The number of nitrogens with zero attached hydrogens (tertiary/aromatic N) is 3. The number of para-hydroxylation sites is 1. The Kier molecular flexibility index (Phi) is 8.16. The summed E-state index contributed by atoms with van der Waals surface area (Å²) in [6, 6.07) is 7.83. The molecule has 0 spiro atoms. The molecule has 10 heteroatoms. The van der Waals surface area contributed by atoms with Crippen LogP contribution in [0.4, 0.5) is 5.69 Å². The smallest absolute Gasteiger partial charge is 0.269 e. The third-order valence-corrected chi connectivity index (χ3v) is 8.88. The molecular formula is C25H29N3O4S3. The molecule has 2 aromatic rings. The Morgan fingerprint density at radius 3 is 2.71 bits per heavy atom. The van der Waals surface area contributed by atoms with Gasteiger partial charge in [0.2, 0.25) is 5.04 Å². The molecule has 0 unspecified atom stereocenters. The first kappa shape index (κ1) is 25.7. The fourth-order valence-electron chi connectivity index (χ4n) is 4.21. The van der Waals surface area contributed by atoms with E-state index in [2.05, 4.69) is 17.6 Å². The second kappa shape index (κ2) is 11.1. The van der Waals surface area contributed by atoms with Gasteiger partial charge in [0.15, 0.2) is 6.54 Å². The van der Waals surface area contributed by atoms with Crippen molar-refractivity contribution in [2.75, 3.05) is 36.0 Å². The van der Waals surface area contributed by atoms with Crippen molar-refractivity contribution in [3.63, 3.8) is 0 Å². The number of benzene rings is 1. The van der Waals surface area contributed by atoms with Gasteiger partial charge in [-0.2, -0.15) is 0 Å². The number of hydrogen-bond acceptors (Lipinski definition) is 7. The van der Waals surface area contributed by atoms with Crippen LogP contribution in [0.25, 0.3) is 18.2 Å². The maximum atomic E-state index is 13.1. The molecule has 0 radical (unpaired) electrons. The minimum atomic E-state index is -4.28. The Hall–Kier alpha value is -2.40. The highest BCUT2D eigenvalue weighted by Crippen LogP contribution is 2.30. The molecule has 0 aliphatic carbocycles. The fourth-order valence-corrected chi connectivity index (χ4v) is 6.93. The van der Waals surface area contributed by atoms with Crippen molar-refractivity contribution >= 4 is 62.2 Å². The van der Waals surface area contributed by atoms with Gasteiger partial charge in [-0.3, -0.25) is 9.36 Å². The van der Waals surface area contributed by atoms with Gasteiger partial charge in [0.1, 0.15) is 11.2 Å². The van der Waals surface area contributed by atoms with Crippen molar-refractivity contribution in [2.45, 2.75) is 26.8 Å². The zero-order chi connectivity index (χ0) is 25.0. The number of anilines is 1. The van der Waals surface area contributed by atoms with Crippen LogP contribution in [0.1, 0.15) is 25.8 Å². The number of thiazole rings is 1. The predicted molar refractivity (Wildman–Crippen MR) is 146 cm³/mol. The summed E-state index contributed by atoms with van der Waals surface area (Å²) in [6.07, 6.45) is 10.0. The lowest BCUT2D eigenvalue weighted by atomic mass is 10.1. The van der Waals surface area contributed by atoms with Crippen LogP contribution in [-0.4, -0.2) is 58.3 Å². The summed E-state index contributed by atoms with van der Waals surface area (Å²) >= 11 is 3.30. The Bertz CT molecular complexity index is 1480. The highest BCUT2D eigenvalue weighted by Gasteiger charge is 2.20. The standard InChI is InChI=1S/C25H29N3O4S3/c1-3-26-15-16-33-23(26)18-24-27(4-2)25(29)22(34-24)13-12-20-11-10-19-8-5-6-9-21(19)28(20)14-7-17-35(30,31)32/h5-6,8-13,18H,3-4,7,14-17H2,1-2H3. The van der Waals surface area contributed by atoms with E-state index < -0.39 is 15.9 Å². The topological polar surface area (TPSA) is 85.4 Å². The third kappa shape index (κ3) is 6.06. The van der Waals surface area contributed by atoms with Gasteiger partial charge in [0, 0.05) is 30.2 Å². The molecule has 0 atom stereocenters. The molecule has 1 aromatic heterocycles. The molecular weight excluding hydrogens is 502 g/mol. The Balaban J connectivity index is 1.73.